The van der Waals surface area contributed by atoms with Crippen molar-refractivity contribution >= 4 is 28.0 Å². The molecule has 0 bridgehead atoms. The van der Waals surface area contributed by atoms with Crippen molar-refractivity contribution in [1.29, 1.82) is 0 Å². The Kier molecular flexibility index (Phi) is 7.31. The monoisotopic (exact) mass is 791 g/mol. The van der Waals surface area contributed by atoms with Gasteiger partial charge in [0.2, 0.25) is 0 Å². The second-order valence-corrected chi connectivity index (χ2v) is 17.6. The van der Waals surface area contributed by atoms with Crippen molar-refractivity contribution in [1.82, 2.24) is 0 Å². The molecule has 1 atom stereocenters. The van der Waals surface area contributed by atoms with Crippen LogP contribution in [-0.4, -0.2) is 0 Å². The number of fused-ring (bicyclic) bond motifs is 15. The van der Waals surface area contributed by atoms with Crippen LogP contribution in [0, 0.1) is 0 Å². The van der Waals surface area contributed by atoms with E-state index >= 15 is 0 Å². The van der Waals surface area contributed by atoms with Gasteiger partial charge in [-0.25, -0.2) is 0 Å². The second-order valence-electron chi connectivity index (χ2n) is 17.6. The fraction of sp³-hybridized carbons (Fsp3) is 0.0667. The van der Waals surface area contributed by atoms with Gasteiger partial charge < -0.3 is 9.32 Å². The highest BCUT2D eigenvalue weighted by Gasteiger charge is 2.54. The quantitative estimate of drug-likeness (QED) is 0.173. The largest absolute Gasteiger partial charge is 0.456 e. The fourth-order valence-corrected chi connectivity index (χ4v) is 11.4. The standard InChI is InChI=1S/C60H41NO/c1-59(2)50-23-11-6-19-44(50)46-34-30-40(36-53(46)59)38-28-31-41(32-29-38)61(55-26-14-9-18-43(55)39-16-4-3-5-17-39)42-33-35-47-45-20-7-12-24-51(45)60(54(47)37-42)52-25-13-8-21-48(52)58-57(60)49-22-10-15-27-56(49)62-58/h3-37H,1-2H3. The number of hydrogen-bond donors (Lipinski definition) is 0. The van der Waals surface area contributed by atoms with Crippen LogP contribution in [-0.2, 0) is 10.8 Å². The first-order valence-corrected chi connectivity index (χ1v) is 21.7. The molecule has 1 spiro atoms. The van der Waals surface area contributed by atoms with Gasteiger partial charge in [-0.1, -0.05) is 184 Å². The lowest BCUT2D eigenvalue weighted by molar-refractivity contribution is 0.628. The number of benzene rings is 9. The Balaban J connectivity index is 1.02. The topological polar surface area (TPSA) is 16.4 Å². The van der Waals surface area contributed by atoms with Crippen LogP contribution in [0.25, 0.3) is 66.8 Å². The van der Waals surface area contributed by atoms with Crippen LogP contribution < -0.4 is 4.90 Å². The van der Waals surface area contributed by atoms with E-state index in [9.17, 15) is 0 Å². The van der Waals surface area contributed by atoms with Gasteiger partial charge in [0, 0.05) is 38.9 Å². The highest BCUT2D eigenvalue weighted by molar-refractivity contribution is 6.03. The Morgan fingerprint density at radius 1 is 0.371 bits per heavy atom. The molecule has 9 aromatic carbocycles. The Hall–Kier alpha value is -7.68. The van der Waals surface area contributed by atoms with E-state index < -0.39 is 5.41 Å². The minimum Gasteiger partial charge on any atom is -0.456 e. The molecule has 0 N–H and O–H groups in total. The molecule has 13 rings (SSSR count). The molecule has 0 saturated carbocycles. The summed E-state index contributed by atoms with van der Waals surface area (Å²) in [5, 5.41) is 1.16. The van der Waals surface area contributed by atoms with Crippen LogP contribution in [0.3, 0.4) is 0 Å². The summed E-state index contributed by atoms with van der Waals surface area (Å²) < 4.78 is 6.82. The van der Waals surface area contributed by atoms with Crippen LogP contribution in [0.2, 0.25) is 0 Å². The fourth-order valence-electron chi connectivity index (χ4n) is 11.4. The van der Waals surface area contributed by atoms with E-state index in [0.29, 0.717) is 0 Å². The van der Waals surface area contributed by atoms with Crippen molar-refractivity contribution < 1.29 is 4.42 Å². The molecule has 62 heavy (non-hydrogen) atoms. The Morgan fingerprint density at radius 3 is 1.71 bits per heavy atom. The van der Waals surface area contributed by atoms with Gasteiger partial charge in [0.25, 0.3) is 0 Å². The number of nitrogens with zero attached hydrogens (tertiary/aromatic N) is 1. The number of hydrogen-bond acceptors (Lipinski definition) is 2. The van der Waals surface area contributed by atoms with Crippen LogP contribution in [0.4, 0.5) is 17.1 Å². The zero-order valence-corrected chi connectivity index (χ0v) is 34.6. The molecule has 0 saturated heterocycles. The summed E-state index contributed by atoms with van der Waals surface area (Å²) in [5.41, 5.74) is 22.6. The van der Waals surface area contributed by atoms with E-state index in [1.54, 1.807) is 0 Å². The molecule has 0 radical (unpaired) electrons. The molecule has 2 heteroatoms. The molecule has 1 unspecified atom stereocenters. The molecule has 0 fully saturated rings. The molecule has 3 aliphatic rings. The van der Waals surface area contributed by atoms with Crippen molar-refractivity contribution in [3.8, 4) is 55.8 Å². The van der Waals surface area contributed by atoms with Gasteiger partial charge in [-0.05, 0) is 109 Å². The van der Waals surface area contributed by atoms with Crippen molar-refractivity contribution in [3.63, 3.8) is 0 Å². The molecule has 1 heterocycles. The minimum atomic E-state index is -0.560. The van der Waals surface area contributed by atoms with Gasteiger partial charge in [-0.3, -0.25) is 0 Å². The number of para-hydroxylation sites is 2. The third-order valence-electron chi connectivity index (χ3n) is 14.1. The minimum absolute atomic E-state index is 0.0617. The maximum Gasteiger partial charge on any atom is 0.140 e. The highest BCUT2D eigenvalue weighted by atomic mass is 16.3. The predicted molar refractivity (Wildman–Crippen MR) is 256 cm³/mol. The van der Waals surface area contributed by atoms with Crippen LogP contribution in [0.1, 0.15) is 47.2 Å². The summed E-state index contributed by atoms with van der Waals surface area (Å²) >= 11 is 0. The SMILES string of the molecule is CC1(C)c2ccccc2-c2ccc(-c3ccc(N(c4ccc5c(c4)C4(c6ccccc6-5)c5ccccc5-c5oc6ccccc6c54)c4ccccc4-c4ccccc4)cc3)cc21. The van der Waals surface area contributed by atoms with Crippen LogP contribution in [0.5, 0.6) is 0 Å². The maximum atomic E-state index is 6.82. The molecule has 10 aromatic rings. The van der Waals surface area contributed by atoms with Crippen LogP contribution in [0.15, 0.2) is 217 Å². The van der Waals surface area contributed by atoms with E-state index in [2.05, 4.69) is 231 Å². The van der Waals surface area contributed by atoms with E-state index in [1.165, 1.54) is 77.9 Å². The number of rotatable bonds is 5. The van der Waals surface area contributed by atoms with Crippen molar-refractivity contribution in [3.05, 3.63) is 246 Å². The van der Waals surface area contributed by atoms with Gasteiger partial charge in [-0.15, -0.1) is 0 Å². The Labute approximate surface area is 362 Å². The van der Waals surface area contributed by atoms with Crippen molar-refractivity contribution in [2.75, 3.05) is 4.90 Å². The first kappa shape index (κ1) is 35.1. The summed E-state index contributed by atoms with van der Waals surface area (Å²) in [7, 11) is 0. The lowest BCUT2D eigenvalue weighted by Gasteiger charge is -2.32. The Morgan fingerprint density at radius 2 is 0.919 bits per heavy atom. The molecular formula is C60H41NO. The zero-order valence-electron chi connectivity index (χ0n) is 34.6. The van der Waals surface area contributed by atoms with Gasteiger partial charge in [0.15, 0.2) is 0 Å². The third kappa shape index (κ3) is 4.69. The van der Waals surface area contributed by atoms with Gasteiger partial charge in [0.1, 0.15) is 11.3 Å². The van der Waals surface area contributed by atoms with E-state index in [-0.39, 0.29) is 5.41 Å². The third-order valence-corrected chi connectivity index (χ3v) is 14.1. The van der Waals surface area contributed by atoms with E-state index in [4.69, 9.17) is 4.42 Å². The summed E-state index contributed by atoms with van der Waals surface area (Å²) in [5.74, 6) is 0.968. The summed E-state index contributed by atoms with van der Waals surface area (Å²) in [6, 6.07) is 78.3. The average Bonchev–Trinajstić information content (AvgIpc) is 4.01. The number of anilines is 3. The molecule has 0 aliphatic heterocycles. The smallest absolute Gasteiger partial charge is 0.140 e. The average molecular weight is 792 g/mol. The summed E-state index contributed by atoms with van der Waals surface area (Å²) in [6.07, 6.45) is 0. The van der Waals surface area contributed by atoms with Gasteiger partial charge >= 0.3 is 0 Å². The predicted octanol–water partition coefficient (Wildman–Crippen LogP) is 15.9. The van der Waals surface area contributed by atoms with Crippen molar-refractivity contribution in [2.24, 2.45) is 0 Å². The Bertz CT molecular complexity index is 3440. The zero-order chi connectivity index (χ0) is 41.2. The molecule has 2 nitrogen and oxygen atoms in total. The molecule has 0 amide bonds. The van der Waals surface area contributed by atoms with E-state index in [0.717, 1.165) is 39.4 Å². The normalized spacial score (nSPS) is 15.8. The highest BCUT2D eigenvalue weighted by Crippen LogP contribution is 2.65. The van der Waals surface area contributed by atoms with Crippen molar-refractivity contribution in [2.45, 2.75) is 24.7 Å². The van der Waals surface area contributed by atoms with Gasteiger partial charge in [-0.2, -0.15) is 0 Å². The second kappa shape index (κ2) is 12.9. The molecule has 3 aliphatic carbocycles. The maximum absolute atomic E-state index is 6.82. The molecule has 292 valence electrons. The van der Waals surface area contributed by atoms with E-state index in [1.807, 2.05) is 0 Å². The van der Waals surface area contributed by atoms with Gasteiger partial charge in [0.05, 0.1) is 11.1 Å². The summed E-state index contributed by atoms with van der Waals surface area (Å²) in [4.78, 5) is 2.46. The summed E-state index contributed by atoms with van der Waals surface area (Å²) in [6.45, 7) is 4.71. The molecule has 1 aromatic heterocycles. The first-order valence-electron chi connectivity index (χ1n) is 21.7. The lowest BCUT2D eigenvalue weighted by atomic mass is 9.70. The lowest BCUT2D eigenvalue weighted by Crippen LogP contribution is -2.26. The van der Waals surface area contributed by atoms with Crippen LogP contribution >= 0.6 is 0 Å². The molecular weight excluding hydrogens is 751 g/mol. The first-order chi connectivity index (χ1) is 30.5. The number of furan rings is 1.